The predicted octanol–water partition coefficient (Wildman–Crippen LogP) is 4.43. The van der Waals surface area contributed by atoms with E-state index in [1.807, 2.05) is 30.3 Å². The van der Waals surface area contributed by atoms with Crippen LogP contribution < -0.4 is 4.74 Å². The minimum absolute atomic E-state index is 0.0665. The van der Waals surface area contributed by atoms with E-state index >= 15 is 0 Å². The molecule has 190 valence electrons. The lowest BCUT2D eigenvalue weighted by Gasteiger charge is -2.37. The maximum absolute atomic E-state index is 10.5. The van der Waals surface area contributed by atoms with E-state index in [2.05, 4.69) is 25.1 Å². The van der Waals surface area contributed by atoms with Gasteiger partial charge in [-0.05, 0) is 59.4 Å². The van der Waals surface area contributed by atoms with E-state index < -0.39 is 24.4 Å². The van der Waals surface area contributed by atoms with Crippen molar-refractivity contribution in [2.24, 2.45) is 0 Å². The van der Waals surface area contributed by atoms with E-state index in [1.165, 1.54) is 16.7 Å². The number of aryl methyl sites for hydroxylation is 1. The summed E-state index contributed by atoms with van der Waals surface area (Å²) in [5.74, 6) is 0.769. The van der Waals surface area contributed by atoms with Crippen molar-refractivity contribution >= 4 is 11.6 Å². The Morgan fingerprint density at radius 3 is 2.61 bits per heavy atom. The van der Waals surface area contributed by atoms with Crippen molar-refractivity contribution in [1.82, 2.24) is 0 Å². The van der Waals surface area contributed by atoms with Gasteiger partial charge >= 0.3 is 0 Å². The molecule has 3 aromatic carbocycles. The van der Waals surface area contributed by atoms with Gasteiger partial charge in [-0.3, -0.25) is 0 Å². The molecule has 1 unspecified atom stereocenters. The summed E-state index contributed by atoms with van der Waals surface area (Å²) in [5, 5.41) is 30.7. The predicted molar refractivity (Wildman–Crippen MR) is 136 cm³/mol. The Hall–Kier alpha value is -2.45. The normalized spacial score (nSPS) is 25.5. The maximum Gasteiger partial charge on any atom is 0.119 e. The van der Waals surface area contributed by atoms with Crippen LogP contribution in [0.5, 0.6) is 5.75 Å². The highest BCUT2D eigenvalue weighted by molar-refractivity contribution is 6.31. The van der Waals surface area contributed by atoms with Gasteiger partial charge in [-0.25, -0.2) is 0 Å². The van der Waals surface area contributed by atoms with Crippen molar-refractivity contribution in [3.8, 4) is 5.75 Å². The highest BCUT2D eigenvalue weighted by Crippen LogP contribution is 2.35. The fourth-order valence-corrected chi connectivity index (χ4v) is 5.13. The topological polar surface area (TPSA) is 88.4 Å². The maximum atomic E-state index is 10.5. The van der Waals surface area contributed by atoms with Crippen molar-refractivity contribution in [3.05, 3.63) is 99.1 Å². The van der Waals surface area contributed by atoms with Gasteiger partial charge in [0.2, 0.25) is 0 Å². The standard InChI is InChI=1S/C29H31ClO6/c1-17-2-8-24-21(10-17)15-35-27(24)16-34-22-6-3-18(4-7-22)11-20-12-19(5-9-25(20)30)29-28(33)26(32)13-23(14-31)36-29/h2-10,12,23,26-29,31-33H,11,13-16H2,1H3/t23-,26-,27-,28?,29-/m0/s1. The third kappa shape index (κ3) is 5.44. The number of aliphatic hydroxyl groups is 3. The average Bonchev–Trinajstić information content (AvgIpc) is 3.28. The van der Waals surface area contributed by atoms with Gasteiger partial charge < -0.3 is 29.5 Å². The molecule has 36 heavy (non-hydrogen) atoms. The second-order valence-electron chi connectivity index (χ2n) is 9.64. The Morgan fingerprint density at radius 2 is 1.83 bits per heavy atom. The van der Waals surface area contributed by atoms with Gasteiger partial charge in [0.1, 0.15) is 30.7 Å². The Labute approximate surface area is 216 Å². The minimum atomic E-state index is -1.07. The number of hydrogen-bond acceptors (Lipinski definition) is 6. The van der Waals surface area contributed by atoms with Gasteiger partial charge in [0.15, 0.2) is 0 Å². The van der Waals surface area contributed by atoms with Crippen LogP contribution in [0.3, 0.4) is 0 Å². The monoisotopic (exact) mass is 510 g/mol. The summed E-state index contributed by atoms with van der Waals surface area (Å²) >= 11 is 6.48. The first kappa shape index (κ1) is 25.2. The minimum Gasteiger partial charge on any atom is -0.491 e. The molecule has 0 bridgehead atoms. The molecule has 7 heteroatoms. The quantitative estimate of drug-likeness (QED) is 0.436. The third-order valence-electron chi connectivity index (χ3n) is 6.95. The van der Waals surface area contributed by atoms with Crippen molar-refractivity contribution in [1.29, 1.82) is 0 Å². The van der Waals surface area contributed by atoms with Gasteiger partial charge in [-0.15, -0.1) is 0 Å². The van der Waals surface area contributed by atoms with Crippen LogP contribution in [0.15, 0.2) is 60.7 Å². The summed E-state index contributed by atoms with van der Waals surface area (Å²) in [6, 6.07) is 19.7. The fourth-order valence-electron chi connectivity index (χ4n) is 4.94. The molecule has 3 aromatic rings. The van der Waals surface area contributed by atoms with Crippen LogP contribution in [-0.4, -0.2) is 46.8 Å². The van der Waals surface area contributed by atoms with Crippen molar-refractivity contribution in [3.63, 3.8) is 0 Å². The zero-order valence-corrected chi connectivity index (χ0v) is 20.9. The fraction of sp³-hybridized carbons (Fsp3) is 0.379. The van der Waals surface area contributed by atoms with E-state index in [0.29, 0.717) is 30.2 Å². The Morgan fingerprint density at radius 1 is 1.03 bits per heavy atom. The molecule has 1 fully saturated rings. The van der Waals surface area contributed by atoms with Crippen LogP contribution in [0, 0.1) is 6.92 Å². The number of fused-ring (bicyclic) bond motifs is 1. The van der Waals surface area contributed by atoms with Crippen LogP contribution in [0.4, 0.5) is 0 Å². The second-order valence-corrected chi connectivity index (χ2v) is 10.0. The largest absolute Gasteiger partial charge is 0.491 e. The molecule has 6 nitrogen and oxygen atoms in total. The molecule has 0 aliphatic carbocycles. The summed E-state index contributed by atoms with van der Waals surface area (Å²) in [4.78, 5) is 0. The number of aliphatic hydroxyl groups excluding tert-OH is 3. The summed E-state index contributed by atoms with van der Waals surface area (Å²) < 4.78 is 17.7. The van der Waals surface area contributed by atoms with Crippen molar-refractivity contribution in [2.45, 2.75) is 56.9 Å². The first-order chi connectivity index (χ1) is 17.4. The molecule has 0 radical (unpaired) electrons. The molecule has 0 aromatic heterocycles. The SMILES string of the molecule is Cc1ccc2c(c1)CO[C@H]2COc1ccc(Cc2cc([C@@H]3O[C@H](CO)C[C@H](O)C3O)ccc2Cl)cc1. The molecule has 2 aliphatic rings. The Kier molecular flexibility index (Phi) is 7.62. The molecule has 5 atom stereocenters. The molecule has 2 heterocycles. The smallest absolute Gasteiger partial charge is 0.119 e. The van der Waals surface area contributed by atoms with Crippen molar-refractivity contribution in [2.75, 3.05) is 13.2 Å². The number of halogens is 1. The lowest BCUT2D eigenvalue weighted by atomic mass is 9.91. The Balaban J connectivity index is 1.23. The van der Waals surface area contributed by atoms with E-state index in [4.69, 9.17) is 25.8 Å². The lowest BCUT2D eigenvalue weighted by Crippen LogP contribution is -2.44. The molecule has 0 amide bonds. The lowest BCUT2D eigenvalue weighted by molar-refractivity contribution is -0.179. The van der Waals surface area contributed by atoms with Crippen LogP contribution in [0.25, 0.3) is 0 Å². The first-order valence-corrected chi connectivity index (χ1v) is 12.6. The molecule has 3 N–H and O–H groups in total. The summed E-state index contributed by atoms with van der Waals surface area (Å²) in [5.41, 5.74) is 6.30. The summed E-state index contributed by atoms with van der Waals surface area (Å²) in [6.45, 7) is 2.94. The van der Waals surface area contributed by atoms with Crippen LogP contribution in [0.1, 0.15) is 52.0 Å². The highest BCUT2D eigenvalue weighted by atomic mass is 35.5. The van der Waals surface area contributed by atoms with Crippen LogP contribution in [0.2, 0.25) is 5.02 Å². The van der Waals surface area contributed by atoms with Gasteiger partial charge in [-0.1, -0.05) is 59.6 Å². The van der Waals surface area contributed by atoms with Gasteiger partial charge in [0.25, 0.3) is 0 Å². The third-order valence-corrected chi connectivity index (χ3v) is 7.32. The van der Waals surface area contributed by atoms with Crippen LogP contribution in [-0.2, 0) is 22.5 Å². The number of hydrogen-bond donors (Lipinski definition) is 3. The molecule has 0 spiro atoms. The van der Waals surface area contributed by atoms with E-state index in [1.54, 1.807) is 12.1 Å². The summed E-state index contributed by atoms with van der Waals surface area (Å²) in [7, 11) is 0. The second kappa shape index (κ2) is 10.9. The molecule has 5 rings (SSSR count). The molecular weight excluding hydrogens is 480 g/mol. The zero-order chi connectivity index (χ0) is 25.2. The van der Waals surface area contributed by atoms with Gasteiger partial charge in [0, 0.05) is 11.4 Å². The van der Waals surface area contributed by atoms with E-state index in [0.717, 1.165) is 16.9 Å². The molecular formula is C29H31ClO6. The van der Waals surface area contributed by atoms with E-state index in [9.17, 15) is 15.3 Å². The zero-order valence-electron chi connectivity index (χ0n) is 20.1. The average molecular weight is 511 g/mol. The van der Waals surface area contributed by atoms with Crippen molar-refractivity contribution < 1.29 is 29.5 Å². The molecule has 1 saturated heterocycles. The number of rotatable bonds is 7. The van der Waals surface area contributed by atoms with Gasteiger partial charge in [0.05, 0.1) is 25.4 Å². The first-order valence-electron chi connectivity index (χ1n) is 12.2. The Bertz CT molecular complexity index is 1200. The number of ether oxygens (including phenoxy) is 3. The van der Waals surface area contributed by atoms with Gasteiger partial charge in [-0.2, -0.15) is 0 Å². The highest BCUT2D eigenvalue weighted by Gasteiger charge is 2.37. The molecule has 0 saturated carbocycles. The summed E-state index contributed by atoms with van der Waals surface area (Å²) in [6.07, 6.45) is -2.57. The molecule has 2 aliphatic heterocycles. The van der Waals surface area contributed by atoms with E-state index in [-0.39, 0.29) is 19.1 Å². The number of benzene rings is 3. The van der Waals surface area contributed by atoms with Crippen LogP contribution >= 0.6 is 11.6 Å².